The number of hydrogen-bond acceptors (Lipinski definition) is 4. The predicted molar refractivity (Wildman–Crippen MR) is 77.3 cm³/mol. The van der Waals surface area contributed by atoms with E-state index in [2.05, 4.69) is 0 Å². The molecule has 0 aliphatic carbocycles. The molecule has 0 aromatic heterocycles. The third-order valence-corrected chi connectivity index (χ3v) is 3.24. The maximum absolute atomic E-state index is 12.0. The number of hydrogen-bond donors (Lipinski definition) is 1. The number of benzene rings is 1. The van der Waals surface area contributed by atoms with Gasteiger partial charge >= 0.3 is 5.97 Å². The van der Waals surface area contributed by atoms with Crippen LogP contribution in [0.3, 0.4) is 0 Å². The highest BCUT2D eigenvalue weighted by atomic mass is 35.5. The molecule has 0 unspecified atom stereocenters. The molecule has 1 fully saturated rings. The highest BCUT2D eigenvalue weighted by molar-refractivity contribution is 5.86. The van der Waals surface area contributed by atoms with Crippen LogP contribution >= 0.6 is 12.4 Å². The highest BCUT2D eigenvalue weighted by Gasteiger charge is 2.34. The lowest BCUT2D eigenvalue weighted by molar-refractivity contribution is -0.154. The van der Waals surface area contributed by atoms with E-state index in [-0.39, 0.29) is 37.4 Å². The van der Waals surface area contributed by atoms with E-state index in [1.807, 2.05) is 30.3 Å². The van der Waals surface area contributed by atoms with Crippen molar-refractivity contribution in [3.63, 3.8) is 0 Å². The SMILES string of the molecule is Cl.NCC(=O)N1CCC[C@H]1C(=O)OCc1ccccc1. The van der Waals surface area contributed by atoms with Gasteiger partial charge in [0, 0.05) is 6.54 Å². The van der Waals surface area contributed by atoms with E-state index in [0.29, 0.717) is 13.0 Å². The van der Waals surface area contributed by atoms with E-state index < -0.39 is 6.04 Å². The first-order valence-corrected chi connectivity index (χ1v) is 6.42. The molecule has 0 radical (unpaired) electrons. The summed E-state index contributed by atoms with van der Waals surface area (Å²) in [5.74, 6) is -0.540. The molecule has 20 heavy (non-hydrogen) atoms. The van der Waals surface area contributed by atoms with Crippen molar-refractivity contribution in [1.82, 2.24) is 4.90 Å². The Morgan fingerprint density at radius 3 is 2.65 bits per heavy atom. The Hall–Kier alpha value is -1.59. The van der Waals surface area contributed by atoms with Gasteiger partial charge in [0.2, 0.25) is 5.91 Å². The molecule has 0 saturated carbocycles. The monoisotopic (exact) mass is 298 g/mol. The number of halogens is 1. The van der Waals surface area contributed by atoms with Gasteiger partial charge in [-0.2, -0.15) is 0 Å². The molecule has 1 aromatic carbocycles. The maximum Gasteiger partial charge on any atom is 0.329 e. The fraction of sp³-hybridized carbons (Fsp3) is 0.429. The first-order valence-electron chi connectivity index (χ1n) is 6.42. The predicted octanol–water partition coefficient (Wildman–Crippen LogP) is 1.10. The van der Waals surface area contributed by atoms with E-state index in [1.54, 1.807) is 0 Å². The van der Waals surface area contributed by atoms with Crippen LogP contribution < -0.4 is 5.73 Å². The molecule has 5 nitrogen and oxygen atoms in total. The number of nitrogens with two attached hydrogens (primary N) is 1. The number of rotatable bonds is 4. The molecule has 1 aliphatic rings. The number of carbonyl (C=O) groups excluding carboxylic acids is 2. The van der Waals surface area contributed by atoms with Crippen molar-refractivity contribution in [3.05, 3.63) is 35.9 Å². The number of esters is 1. The topological polar surface area (TPSA) is 72.6 Å². The van der Waals surface area contributed by atoms with Gasteiger partial charge in [-0.1, -0.05) is 30.3 Å². The van der Waals surface area contributed by atoms with Crippen LogP contribution in [-0.4, -0.2) is 35.9 Å². The van der Waals surface area contributed by atoms with Crippen molar-refractivity contribution in [2.45, 2.75) is 25.5 Å². The zero-order valence-corrected chi connectivity index (χ0v) is 12.0. The van der Waals surface area contributed by atoms with Crippen molar-refractivity contribution < 1.29 is 14.3 Å². The van der Waals surface area contributed by atoms with Crippen LogP contribution in [0.4, 0.5) is 0 Å². The Bertz CT molecular complexity index is 453. The van der Waals surface area contributed by atoms with Crippen molar-refractivity contribution in [2.24, 2.45) is 5.73 Å². The standard InChI is InChI=1S/C14H18N2O3.ClH/c15-9-13(17)16-8-4-7-12(16)14(18)19-10-11-5-2-1-3-6-11;/h1-3,5-6,12H,4,7-10,15H2;1H/t12-;/m0./s1. The van der Waals surface area contributed by atoms with Crippen LogP contribution in [-0.2, 0) is 20.9 Å². The van der Waals surface area contributed by atoms with E-state index in [4.69, 9.17) is 10.5 Å². The average Bonchev–Trinajstić information content (AvgIpc) is 2.94. The molecule has 1 aliphatic heterocycles. The molecule has 2 rings (SSSR count). The summed E-state index contributed by atoms with van der Waals surface area (Å²) in [5.41, 5.74) is 6.27. The zero-order valence-electron chi connectivity index (χ0n) is 11.2. The molecule has 6 heteroatoms. The van der Waals surface area contributed by atoms with E-state index in [1.165, 1.54) is 4.90 Å². The summed E-state index contributed by atoms with van der Waals surface area (Å²) in [6.07, 6.45) is 1.47. The number of ether oxygens (including phenoxy) is 1. The van der Waals surface area contributed by atoms with Crippen molar-refractivity contribution in [3.8, 4) is 0 Å². The Morgan fingerprint density at radius 1 is 1.30 bits per heavy atom. The van der Waals surface area contributed by atoms with Gasteiger partial charge in [0.15, 0.2) is 0 Å². The fourth-order valence-corrected chi connectivity index (χ4v) is 2.25. The van der Waals surface area contributed by atoms with Gasteiger partial charge in [-0.05, 0) is 18.4 Å². The summed E-state index contributed by atoms with van der Waals surface area (Å²) in [6.45, 7) is 0.754. The largest absolute Gasteiger partial charge is 0.459 e. The minimum absolute atomic E-state index is 0. The second-order valence-corrected chi connectivity index (χ2v) is 4.54. The smallest absolute Gasteiger partial charge is 0.329 e. The van der Waals surface area contributed by atoms with Gasteiger partial charge in [0.05, 0.1) is 6.54 Å². The van der Waals surface area contributed by atoms with E-state index in [0.717, 1.165) is 12.0 Å². The summed E-state index contributed by atoms with van der Waals surface area (Å²) in [4.78, 5) is 25.1. The maximum atomic E-state index is 12.0. The second kappa shape index (κ2) is 7.87. The molecule has 1 aromatic rings. The van der Waals surface area contributed by atoms with Crippen molar-refractivity contribution in [2.75, 3.05) is 13.1 Å². The molecule has 0 bridgehead atoms. The minimum atomic E-state index is -0.472. The molecule has 1 saturated heterocycles. The molecular formula is C14H19ClN2O3. The number of likely N-dealkylation sites (tertiary alicyclic amines) is 1. The number of nitrogens with zero attached hydrogens (tertiary/aromatic N) is 1. The summed E-state index contributed by atoms with van der Waals surface area (Å²) in [6, 6.07) is 9.01. The Labute approximate surface area is 124 Å². The molecule has 1 atom stereocenters. The van der Waals surface area contributed by atoms with Gasteiger partial charge in [-0.15, -0.1) is 12.4 Å². The van der Waals surface area contributed by atoms with Crippen LogP contribution in [0.1, 0.15) is 18.4 Å². The van der Waals surface area contributed by atoms with Gasteiger partial charge in [0.25, 0.3) is 0 Å². The molecule has 110 valence electrons. The minimum Gasteiger partial charge on any atom is -0.459 e. The van der Waals surface area contributed by atoms with Crippen LogP contribution in [0.5, 0.6) is 0 Å². The summed E-state index contributed by atoms with van der Waals surface area (Å²) >= 11 is 0. The third kappa shape index (κ3) is 3.95. The molecule has 0 spiro atoms. The fourth-order valence-electron chi connectivity index (χ4n) is 2.25. The van der Waals surface area contributed by atoms with Gasteiger partial charge in [-0.3, -0.25) is 4.79 Å². The molecule has 2 N–H and O–H groups in total. The summed E-state index contributed by atoms with van der Waals surface area (Å²) in [5, 5.41) is 0. The van der Waals surface area contributed by atoms with Gasteiger partial charge in [-0.25, -0.2) is 4.79 Å². The summed E-state index contributed by atoms with van der Waals surface area (Å²) < 4.78 is 5.26. The van der Waals surface area contributed by atoms with E-state index >= 15 is 0 Å². The lowest BCUT2D eigenvalue weighted by atomic mass is 10.2. The molecular weight excluding hydrogens is 280 g/mol. The van der Waals surface area contributed by atoms with Gasteiger partial charge in [0.1, 0.15) is 12.6 Å². The quantitative estimate of drug-likeness (QED) is 0.845. The normalized spacial score (nSPS) is 17.4. The Balaban J connectivity index is 0.00000200. The van der Waals surface area contributed by atoms with Crippen molar-refractivity contribution >= 4 is 24.3 Å². The third-order valence-electron chi connectivity index (χ3n) is 3.24. The van der Waals surface area contributed by atoms with Gasteiger partial charge < -0.3 is 15.4 Å². The first kappa shape index (κ1) is 16.5. The zero-order chi connectivity index (χ0) is 13.7. The molecule has 1 heterocycles. The lowest BCUT2D eigenvalue weighted by Crippen LogP contribution is -2.44. The molecule has 1 amide bonds. The summed E-state index contributed by atoms with van der Waals surface area (Å²) in [7, 11) is 0. The first-order chi connectivity index (χ1) is 9.22. The van der Waals surface area contributed by atoms with Crippen LogP contribution in [0, 0.1) is 0 Å². The van der Waals surface area contributed by atoms with E-state index in [9.17, 15) is 9.59 Å². The van der Waals surface area contributed by atoms with Crippen molar-refractivity contribution in [1.29, 1.82) is 0 Å². The average molecular weight is 299 g/mol. The Kier molecular flexibility index (Phi) is 6.48. The number of amides is 1. The highest BCUT2D eigenvalue weighted by Crippen LogP contribution is 2.19. The van der Waals surface area contributed by atoms with Crippen LogP contribution in [0.25, 0.3) is 0 Å². The Morgan fingerprint density at radius 2 is 2.00 bits per heavy atom. The number of carbonyl (C=O) groups is 2. The second-order valence-electron chi connectivity index (χ2n) is 4.54. The van der Waals surface area contributed by atoms with Crippen LogP contribution in [0.2, 0.25) is 0 Å². The van der Waals surface area contributed by atoms with Crippen LogP contribution in [0.15, 0.2) is 30.3 Å². The lowest BCUT2D eigenvalue weighted by Gasteiger charge is -2.22.